The molecular weight excluding hydrogens is 198 g/mol. The predicted molar refractivity (Wildman–Crippen MR) is 58.6 cm³/mol. The SMILES string of the molecule is O=C(CS)Nc1ccc2nc[nH]c2c1. The number of nitrogens with one attached hydrogen (secondary N) is 2. The summed E-state index contributed by atoms with van der Waals surface area (Å²) in [6.45, 7) is 0. The fourth-order valence-corrected chi connectivity index (χ4v) is 1.29. The van der Waals surface area contributed by atoms with Crippen LogP contribution in [0, 0.1) is 0 Å². The highest BCUT2D eigenvalue weighted by Crippen LogP contribution is 2.15. The summed E-state index contributed by atoms with van der Waals surface area (Å²) in [6.07, 6.45) is 1.62. The molecule has 0 saturated carbocycles. The van der Waals surface area contributed by atoms with E-state index in [9.17, 15) is 4.79 Å². The molecule has 72 valence electrons. The van der Waals surface area contributed by atoms with Crippen molar-refractivity contribution in [3.05, 3.63) is 24.5 Å². The minimum Gasteiger partial charge on any atom is -0.345 e. The summed E-state index contributed by atoms with van der Waals surface area (Å²) in [4.78, 5) is 18.1. The maximum Gasteiger partial charge on any atom is 0.234 e. The molecule has 1 heterocycles. The van der Waals surface area contributed by atoms with Crippen LogP contribution in [0.25, 0.3) is 11.0 Å². The Balaban J connectivity index is 2.30. The van der Waals surface area contributed by atoms with Crippen LogP contribution in [-0.2, 0) is 4.79 Å². The Morgan fingerprint density at radius 3 is 3.21 bits per heavy atom. The van der Waals surface area contributed by atoms with E-state index < -0.39 is 0 Å². The zero-order chi connectivity index (χ0) is 9.97. The standard InChI is InChI=1S/C9H9N3OS/c13-9(4-14)12-6-1-2-7-8(3-6)11-5-10-7/h1-3,5,14H,4H2,(H,10,11)(H,12,13). The number of carbonyl (C=O) groups excluding carboxylic acids is 1. The number of carbonyl (C=O) groups is 1. The fourth-order valence-electron chi connectivity index (χ4n) is 1.21. The number of hydrogen-bond acceptors (Lipinski definition) is 3. The molecule has 0 radical (unpaired) electrons. The number of anilines is 1. The van der Waals surface area contributed by atoms with Crippen LogP contribution in [0.15, 0.2) is 24.5 Å². The van der Waals surface area contributed by atoms with E-state index in [1.165, 1.54) is 0 Å². The van der Waals surface area contributed by atoms with Gasteiger partial charge in [-0.05, 0) is 18.2 Å². The first-order valence-corrected chi connectivity index (χ1v) is 4.76. The summed E-state index contributed by atoms with van der Waals surface area (Å²) in [6, 6.07) is 5.49. The van der Waals surface area contributed by atoms with Crippen molar-refractivity contribution in [3.63, 3.8) is 0 Å². The van der Waals surface area contributed by atoms with Crippen LogP contribution in [-0.4, -0.2) is 21.6 Å². The number of thiol groups is 1. The van der Waals surface area contributed by atoms with Gasteiger partial charge in [-0.25, -0.2) is 4.98 Å². The van der Waals surface area contributed by atoms with E-state index in [2.05, 4.69) is 27.9 Å². The average Bonchev–Trinajstić information content (AvgIpc) is 2.64. The third kappa shape index (κ3) is 1.72. The van der Waals surface area contributed by atoms with Crippen molar-refractivity contribution >= 4 is 35.3 Å². The normalized spacial score (nSPS) is 10.4. The van der Waals surface area contributed by atoms with Crippen LogP contribution < -0.4 is 5.32 Å². The second kappa shape index (κ2) is 3.71. The Bertz CT molecular complexity index is 466. The minimum atomic E-state index is -0.118. The van der Waals surface area contributed by atoms with E-state index in [4.69, 9.17) is 0 Å². The van der Waals surface area contributed by atoms with Gasteiger partial charge in [-0.15, -0.1) is 0 Å². The van der Waals surface area contributed by atoms with Gasteiger partial charge in [0, 0.05) is 5.69 Å². The van der Waals surface area contributed by atoms with Crippen LogP contribution in [0.2, 0.25) is 0 Å². The first-order valence-electron chi connectivity index (χ1n) is 4.13. The number of imidazole rings is 1. The molecule has 1 aromatic carbocycles. The summed E-state index contributed by atoms with van der Waals surface area (Å²) in [5.74, 6) is 0.0632. The lowest BCUT2D eigenvalue weighted by atomic mass is 10.3. The van der Waals surface area contributed by atoms with Gasteiger partial charge >= 0.3 is 0 Å². The van der Waals surface area contributed by atoms with Crippen LogP contribution in [0.1, 0.15) is 0 Å². The lowest BCUT2D eigenvalue weighted by molar-refractivity contribution is -0.113. The van der Waals surface area contributed by atoms with Gasteiger partial charge in [-0.2, -0.15) is 12.6 Å². The zero-order valence-electron chi connectivity index (χ0n) is 7.32. The average molecular weight is 207 g/mol. The molecule has 1 amide bonds. The highest BCUT2D eigenvalue weighted by atomic mass is 32.1. The molecule has 0 aliphatic carbocycles. The van der Waals surface area contributed by atoms with E-state index in [1.54, 1.807) is 6.33 Å². The number of fused-ring (bicyclic) bond motifs is 1. The minimum absolute atomic E-state index is 0.118. The molecule has 0 fully saturated rings. The first kappa shape index (κ1) is 9.08. The van der Waals surface area contributed by atoms with Crippen molar-refractivity contribution < 1.29 is 4.79 Å². The largest absolute Gasteiger partial charge is 0.345 e. The molecule has 0 saturated heterocycles. The summed E-state index contributed by atoms with van der Waals surface area (Å²) in [5, 5.41) is 2.71. The topological polar surface area (TPSA) is 57.8 Å². The fraction of sp³-hybridized carbons (Fsp3) is 0.111. The van der Waals surface area contributed by atoms with Crippen LogP contribution in [0.3, 0.4) is 0 Å². The van der Waals surface area contributed by atoms with Gasteiger partial charge in [0.05, 0.1) is 23.1 Å². The lowest BCUT2D eigenvalue weighted by Gasteiger charge is -2.01. The third-order valence-electron chi connectivity index (χ3n) is 1.85. The molecule has 2 aromatic rings. The molecule has 5 heteroatoms. The smallest absolute Gasteiger partial charge is 0.234 e. The molecule has 4 nitrogen and oxygen atoms in total. The highest BCUT2D eigenvalue weighted by molar-refractivity contribution is 7.81. The molecular formula is C9H9N3OS. The maximum atomic E-state index is 11.0. The molecule has 2 rings (SSSR count). The number of H-pyrrole nitrogens is 1. The van der Waals surface area contributed by atoms with Crippen molar-refractivity contribution in [1.29, 1.82) is 0 Å². The van der Waals surface area contributed by atoms with E-state index >= 15 is 0 Å². The van der Waals surface area contributed by atoms with Gasteiger partial charge in [0.25, 0.3) is 0 Å². The van der Waals surface area contributed by atoms with Crippen molar-refractivity contribution in [1.82, 2.24) is 9.97 Å². The number of rotatable bonds is 2. The van der Waals surface area contributed by atoms with Crippen LogP contribution in [0.5, 0.6) is 0 Å². The molecule has 0 unspecified atom stereocenters. The Kier molecular flexibility index (Phi) is 2.41. The molecule has 0 atom stereocenters. The van der Waals surface area contributed by atoms with Gasteiger partial charge in [0.15, 0.2) is 0 Å². The zero-order valence-corrected chi connectivity index (χ0v) is 8.21. The van der Waals surface area contributed by atoms with Crippen molar-refractivity contribution in [2.24, 2.45) is 0 Å². The van der Waals surface area contributed by atoms with Gasteiger partial charge in [-0.1, -0.05) is 0 Å². The molecule has 14 heavy (non-hydrogen) atoms. The summed E-state index contributed by atoms with van der Waals surface area (Å²) in [5.41, 5.74) is 2.54. The quantitative estimate of drug-likeness (QED) is 0.652. The lowest BCUT2D eigenvalue weighted by Crippen LogP contribution is -2.12. The van der Waals surface area contributed by atoms with Gasteiger partial charge < -0.3 is 10.3 Å². The number of amides is 1. The third-order valence-corrected chi connectivity index (χ3v) is 2.13. The van der Waals surface area contributed by atoms with Gasteiger partial charge in [0.1, 0.15) is 0 Å². The summed E-state index contributed by atoms with van der Waals surface area (Å²) >= 11 is 3.87. The molecule has 1 aromatic heterocycles. The Morgan fingerprint density at radius 1 is 1.57 bits per heavy atom. The Hall–Kier alpha value is -1.49. The van der Waals surface area contributed by atoms with E-state index in [-0.39, 0.29) is 11.7 Å². The molecule has 2 N–H and O–H groups in total. The Morgan fingerprint density at radius 2 is 2.43 bits per heavy atom. The van der Waals surface area contributed by atoms with E-state index in [0.717, 1.165) is 16.7 Å². The predicted octanol–water partition coefficient (Wildman–Crippen LogP) is 1.43. The monoisotopic (exact) mass is 207 g/mol. The molecule has 0 aliphatic rings. The van der Waals surface area contributed by atoms with Crippen molar-refractivity contribution in [2.75, 3.05) is 11.1 Å². The van der Waals surface area contributed by atoms with Gasteiger partial charge in [0.2, 0.25) is 5.91 Å². The number of aromatic amines is 1. The van der Waals surface area contributed by atoms with Crippen molar-refractivity contribution in [3.8, 4) is 0 Å². The summed E-state index contributed by atoms with van der Waals surface area (Å²) in [7, 11) is 0. The second-order valence-electron chi connectivity index (χ2n) is 2.84. The van der Waals surface area contributed by atoms with Crippen molar-refractivity contribution in [2.45, 2.75) is 0 Å². The summed E-state index contributed by atoms with van der Waals surface area (Å²) < 4.78 is 0. The van der Waals surface area contributed by atoms with E-state index in [1.807, 2.05) is 18.2 Å². The first-order chi connectivity index (χ1) is 6.79. The Labute approximate surface area is 86.1 Å². The molecule has 0 spiro atoms. The number of nitrogens with zero attached hydrogens (tertiary/aromatic N) is 1. The van der Waals surface area contributed by atoms with Crippen LogP contribution >= 0.6 is 12.6 Å². The highest BCUT2D eigenvalue weighted by Gasteiger charge is 2.01. The molecule has 0 aliphatic heterocycles. The molecule has 0 bridgehead atoms. The van der Waals surface area contributed by atoms with Crippen LogP contribution in [0.4, 0.5) is 5.69 Å². The van der Waals surface area contributed by atoms with Gasteiger partial charge in [-0.3, -0.25) is 4.79 Å². The number of aromatic nitrogens is 2. The number of hydrogen-bond donors (Lipinski definition) is 3. The maximum absolute atomic E-state index is 11.0. The second-order valence-corrected chi connectivity index (χ2v) is 3.16. The van der Waals surface area contributed by atoms with E-state index in [0.29, 0.717) is 0 Å². The number of benzene rings is 1.